The Kier molecular flexibility index (Phi) is 0.882. The van der Waals surface area contributed by atoms with Crippen LogP contribution in [0.15, 0.2) is 0 Å². The van der Waals surface area contributed by atoms with E-state index in [0.717, 1.165) is 0 Å². The molecular formula is C10H16FNO. The molecule has 1 spiro atoms. The highest BCUT2D eigenvalue weighted by Crippen LogP contribution is 2.61. The van der Waals surface area contributed by atoms with E-state index in [9.17, 15) is 9.50 Å². The summed E-state index contributed by atoms with van der Waals surface area (Å²) >= 11 is 0. The number of aliphatic hydroxyl groups is 1. The van der Waals surface area contributed by atoms with Gasteiger partial charge in [0.15, 0.2) is 0 Å². The Labute approximate surface area is 83.3 Å². The Bertz CT molecular complexity index is 374. The highest BCUT2D eigenvalue weighted by molar-refractivity contribution is 5.18. The summed E-state index contributed by atoms with van der Waals surface area (Å²) < 4.78 is 44.4. The summed E-state index contributed by atoms with van der Waals surface area (Å²) in [5, 5.41) is 9.76. The highest BCUT2D eigenvalue weighted by Gasteiger charge is 2.66. The lowest BCUT2D eigenvalue weighted by atomic mass is 9.89. The molecule has 0 bridgehead atoms. The van der Waals surface area contributed by atoms with E-state index in [1.165, 1.54) is 4.90 Å². The van der Waals surface area contributed by atoms with Crippen LogP contribution in [0.4, 0.5) is 4.39 Å². The standard InChI is InChI=1S/C10H16FNO/c11-8-4-9(8)5-10(7-13)2-1-3-12(10)6-9/h8,13H,1-7H2/t8-,9+,10+/m1/s1/i3D2,7D2. The van der Waals surface area contributed by atoms with Crippen LogP contribution in [0, 0.1) is 5.41 Å². The average Bonchev–Trinajstić information content (AvgIpc) is 2.53. The molecule has 2 nitrogen and oxygen atoms in total. The van der Waals surface area contributed by atoms with Gasteiger partial charge in [0.1, 0.15) is 6.17 Å². The van der Waals surface area contributed by atoms with Gasteiger partial charge in [0.2, 0.25) is 0 Å². The van der Waals surface area contributed by atoms with Crippen molar-refractivity contribution in [3.63, 3.8) is 0 Å². The Balaban J connectivity index is 2.01. The Morgan fingerprint density at radius 1 is 1.77 bits per heavy atom. The molecular weight excluding hydrogens is 169 g/mol. The van der Waals surface area contributed by atoms with Gasteiger partial charge in [-0.05, 0) is 32.2 Å². The summed E-state index contributed by atoms with van der Waals surface area (Å²) in [4.78, 5) is 1.37. The molecule has 2 aliphatic heterocycles. The molecule has 3 atom stereocenters. The molecule has 3 aliphatic rings. The summed E-state index contributed by atoms with van der Waals surface area (Å²) in [5.41, 5.74) is -1.85. The second-order valence-electron chi connectivity index (χ2n) is 4.60. The van der Waals surface area contributed by atoms with Crippen molar-refractivity contribution in [1.29, 1.82) is 0 Å². The van der Waals surface area contributed by atoms with Crippen LogP contribution in [-0.2, 0) is 0 Å². The van der Waals surface area contributed by atoms with Crippen molar-refractivity contribution in [2.45, 2.75) is 37.4 Å². The van der Waals surface area contributed by atoms with Crippen LogP contribution in [0.3, 0.4) is 0 Å². The van der Waals surface area contributed by atoms with E-state index in [2.05, 4.69) is 0 Å². The monoisotopic (exact) mass is 189 g/mol. The molecule has 0 aromatic rings. The number of hydrogen-bond donors (Lipinski definition) is 1. The maximum Gasteiger partial charge on any atom is 0.108 e. The van der Waals surface area contributed by atoms with Crippen LogP contribution in [-0.4, -0.2) is 41.3 Å². The molecule has 1 saturated carbocycles. The second kappa shape index (κ2) is 2.26. The number of rotatable bonds is 1. The average molecular weight is 189 g/mol. The van der Waals surface area contributed by atoms with Gasteiger partial charge < -0.3 is 5.11 Å². The van der Waals surface area contributed by atoms with E-state index in [0.29, 0.717) is 6.42 Å². The number of alkyl halides is 1. The van der Waals surface area contributed by atoms with Crippen molar-refractivity contribution in [2.75, 3.05) is 19.6 Å². The van der Waals surface area contributed by atoms with Crippen molar-refractivity contribution in [3.05, 3.63) is 0 Å². The molecule has 3 rings (SSSR count). The van der Waals surface area contributed by atoms with Gasteiger partial charge in [-0.25, -0.2) is 4.39 Å². The van der Waals surface area contributed by atoms with E-state index in [4.69, 9.17) is 5.48 Å². The smallest absolute Gasteiger partial charge is 0.108 e. The van der Waals surface area contributed by atoms with E-state index < -0.39 is 30.2 Å². The van der Waals surface area contributed by atoms with Crippen LogP contribution >= 0.6 is 0 Å². The SMILES string of the molecule is [2H]C1([2H])CC[C@@]2(C([2H])([2H])O)C[C@@]3(C[C@H]3F)CN12. The maximum atomic E-state index is 13.4. The number of hydrogen-bond acceptors (Lipinski definition) is 2. The molecule has 1 N–H and O–H groups in total. The molecule has 1 aliphatic carbocycles. The van der Waals surface area contributed by atoms with Gasteiger partial charge in [-0.3, -0.25) is 4.90 Å². The molecule has 0 radical (unpaired) electrons. The first-order chi connectivity index (χ1) is 7.63. The Morgan fingerprint density at radius 3 is 3.08 bits per heavy atom. The minimum atomic E-state index is -2.48. The summed E-state index contributed by atoms with van der Waals surface area (Å²) in [6.45, 7) is -3.90. The van der Waals surface area contributed by atoms with Gasteiger partial charge in [-0.2, -0.15) is 0 Å². The lowest BCUT2D eigenvalue weighted by molar-refractivity contribution is 0.0996. The fourth-order valence-electron chi connectivity index (χ4n) is 2.83. The van der Waals surface area contributed by atoms with Gasteiger partial charge in [-0.1, -0.05) is 0 Å². The molecule has 13 heavy (non-hydrogen) atoms. The summed E-state index contributed by atoms with van der Waals surface area (Å²) in [5.74, 6) is 0. The highest BCUT2D eigenvalue weighted by atomic mass is 19.1. The van der Waals surface area contributed by atoms with Crippen LogP contribution in [0.25, 0.3) is 0 Å². The molecule has 0 aromatic carbocycles. The zero-order valence-corrected chi connectivity index (χ0v) is 7.39. The minimum absolute atomic E-state index is 0.195. The molecule has 2 heterocycles. The third-order valence-corrected chi connectivity index (χ3v) is 3.77. The summed E-state index contributed by atoms with van der Waals surface area (Å²) in [6.07, 6.45) is 0.0720. The van der Waals surface area contributed by atoms with Gasteiger partial charge >= 0.3 is 0 Å². The first kappa shape index (κ1) is 5.08. The second-order valence-corrected chi connectivity index (χ2v) is 4.60. The first-order valence-corrected chi connectivity index (χ1v) is 4.77. The fraction of sp³-hybridized carbons (Fsp3) is 1.00. The summed E-state index contributed by atoms with van der Waals surface area (Å²) in [6, 6.07) is 0. The number of halogens is 1. The molecule has 74 valence electrons. The first-order valence-electron chi connectivity index (χ1n) is 6.77. The van der Waals surface area contributed by atoms with Gasteiger partial charge in [0, 0.05) is 20.2 Å². The van der Waals surface area contributed by atoms with Crippen LogP contribution in [0.5, 0.6) is 0 Å². The summed E-state index contributed by atoms with van der Waals surface area (Å²) in [7, 11) is 0. The van der Waals surface area contributed by atoms with E-state index in [1.807, 2.05) is 0 Å². The molecule has 3 fully saturated rings. The van der Waals surface area contributed by atoms with E-state index in [-0.39, 0.29) is 25.8 Å². The minimum Gasteiger partial charge on any atom is -0.394 e. The predicted octanol–water partition coefficient (Wildman–Crippen LogP) is 0.945. The van der Waals surface area contributed by atoms with Crippen molar-refractivity contribution in [3.8, 4) is 0 Å². The third-order valence-electron chi connectivity index (χ3n) is 3.77. The zero-order chi connectivity index (χ0) is 12.7. The topological polar surface area (TPSA) is 23.5 Å². The van der Waals surface area contributed by atoms with Gasteiger partial charge in [-0.15, -0.1) is 0 Å². The van der Waals surface area contributed by atoms with Crippen LogP contribution in [0.1, 0.15) is 31.2 Å². The zero-order valence-electron chi connectivity index (χ0n) is 11.4. The molecule has 0 aromatic heterocycles. The third kappa shape index (κ3) is 0.895. The van der Waals surface area contributed by atoms with Crippen molar-refractivity contribution < 1.29 is 15.0 Å². The van der Waals surface area contributed by atoms with E-state index in [1.54, 1.807) is 0 Å². The quantitative estimate of drug-likeness (QED) is 0.663. The molecule has 2 saturated heterocycles. The number of fused-ring (bicyclic) bond motifs is 1. The largest absolute Gasteiger partial charge is 0.394 e. The number of nitrogens with zero attached hydrogens (tertiary/aromatic N) is 1. The predicted molar refractivity (Wildman–Crippen MR) is 47.2 cm³/mol. The fourth-order valence-corrected chi connectivity index (χ4v) is 2.83. The van der Waals surface area contributed by atoms with Gasteiger partial charge in [0.05, 0.1) is 9.30 Å². The molecule has 3 heteroatoms. The normalized spacial score (nSPS) is 64.0. The Morgan fingerprint density at radius 2 is 2.54 bits per heavy atom. The lowest BCUT2D eigenvalue weighted by Crippen LogP contribution is -2.41. The van der Waals surface area contributed by atoms with Gasteiger partial charge in [0.25, 0.3) is 0 Å². The van der Waals surface area contributed by atoms with Crippen LogP contribution in [0.2, 0.25) is 0 Å². The Hall–Kier alpha value is -0.150. The van der Waals surface area contributed by atoms with E-state index >= 15 is 0 Å². The van der Waals surface area contributed by atoms with Crippen molar-refractivity contribution in [2.24, 2.45) is 5.41 Å². The molecule has 0 amide bonds. The van der Waals surface area contributed by atoms with Crippen LogP contribution < -0.4 is 0 Å². The maximum absolute atomic E-state index is 13.4. The van der Waals surface area contributed by atoms with Crippen molar-refractivity contribution in [1.82, 2.24) is 4.90 Å². The lowest BCUT2D eigenvalue weighted by Gasteiger charge is -2.29. The van der Waals surface area contributed by atoms with Crippen molar-refractivity contribution >= 4 is 0 Å². The molecule has 0 unspecified atom stereocenters.